The van der Waals surface area contributed by atoms with Crippen LogP contribution in [0.3, 0.4) is 0 Å². The Morgan fingerprint density at radius 1 is 1.06 bits per heavy atom. The third-order valence-electron chi connectivity index (χ3n) is 2.98. The average molecular weight is 249 g/mol. The van der Waals surface area contributed by atoms with E-state index in [4.69, 9.17) is 4.74 Å². The van der Waals surface area contributed by atoms with Gasteiger partial charge in [0.2, 0.25) is 0 Å². The Morgan fingerprint density at radius 2 is 1.83 bits per heavy atom. The topological polar surface area (TPSA) is 21.3 Å². The monoisotopic (exact) mass is 249 g/mol. The van der Waals surface area contributed by atoms with Crippen LogP contribution >= 0.6 is 0 Å². The number of rotatable bonds is 10. The fraction of sp³-hybridized carbons (Fsp3) is 0.625. The molecule has 1 atom stereocenters. The Bertz CT molecular complexity index is 286. The SMILES string of the molecule is CCCOCCCNC(CCC)c1ccccc1. The minimum absolute atomic E-state index is 0.488. The van der Waals surface area contributed by atoms with Crippen LogP contribution in [-0.4, -0.2) is 19.8 Å². The summed E-state index contributed by atoms with van der Waals surface area (Å²) in [6, 6.07) is 11.2. The maximum absolute atomic E-state index is 5.49. The van der Waals surface area contributed by atoms with Gasteiger partial charge in [-0.05, 0) is 31.4 Å². The summed E-state index contributed by atoms with van der Waals surface area (Å²) in [5, 5.41) is 3.63. The van der Waals surface area contributed by atoms with Crippen LogP contribution in [0.15, 0.2) is 30.3 Å². The van der Waals surface area contributed by atoms with Gasteiger partial charge < -0.3 is 10.1 Å². The fourth-order valence-electron chi connectivity index (χ4n) is 2.06. The Morgan fingerprint density at radius 3 is 2.50 bits per heavy atom. The van der Waals surface area contributed by atoms with Crippen molar-refractivity contribution in [1.29, 1.82) is 0 Å². The summed E-state index contributed by atoms with van der Waals surface area (Å²) >= 11 is 0. The van der Waals surface area contributed by atoms with Crippen molar-refractivity contribution in [2.75, 3.05) is 19.8 Å². The first kappa shape index (κ1) is 15.2. The highest BCUT2D eigenvalue weighted by molar-refractivity contribution is 5.18. The fourth-order valence-corrected chi connectivity index (χ4v) is 2.06. The lowest BCUT2D eigenvalue weighted by Gasteiger charge is -2.18. The normalized spacial score (nSPS) is 12.6. The molecule has 0 spiro atoms. The second-order valence-corrected chi connectivity index (χ2v) is 4.67. The molecule has 0 aliphatic carbocycles. The largest absolute Gasteiger partial charge is 0.381 e. The van der Waals surface area contributed by atoms with Crippen LogP contribution in [0.5, 0.6) is 0 Å². The van der Waals surface area contributed by atoms with Gasteiger partial charge in [-0.1, -0.05) is 50.6 Å². The summed E-state index contributed by atoms with van der Waals surface area (Å²) in [7, 11) is 0. The minimum Gasteiger partial charge on any atom is -0.381 e. The van der Waals surface area contributed by atoms with Gasteiger partial charge in [0.1, 0.15) is 0 Å². The molecule has 0 radical (unpaired) electrons. The zero-order chi connectivity index (χ0) is 13.1. The van der Waals surface area contributed by atoms with Crippen molar-refractivity contribution in [3.63, 3.8) is 0 Å². The molecule has 1 aromatic rings. The van der Waals surface area contributed by atoms with E-state index in [0.29, 0.717) is 6.04 Å². The van der Waals surface area contributed by atoms with E-state index in [1.54, 1.807) is 0 Å². The van der Waals surface area contributed by atoms with E-state index in [-0.39, 0.29) is 0 Å². The zero-order valence-electron chi connectivity index (χ0n) is 11.8. The molecule has 2 nitrogen and oxygen atoms in total. The van der Waals surface area contributed by atoms with E-state index >= 15 is 0 Å². The number of hydrogen-bond acceptors (Lipinski definition) is 2. The van der Waals surface area contributed by atoms with Gasteiger partial charge in [-0.25, -0.2) is 0 Å². The number of nitrogens with one attached hydrogen (secondary N) is 1. The van der Waals surface area contributed by atoms with E-state index in [0.717, 1.165) is 32.6 Å². The van der Waals surface area contributed by atoms with Crippen molar-refractivity contribution >= 4 is 0 Å². The number of ether oxygens (including phenoxy) is 1. The molecule has 0 aliphatic heterocycles. The van der Waals surface area contributed by atoms with E-state index < -0.39 is 0 Å². The molecule has 0 bridgehead atoms. The molecule has 1 rings (SSSR count). The summed E-state index contributed by atoms with van der Waals surface area (Å²) in [5.41, 5.74) is 1.40. The molecule has 0 amide bonds. The van der Waals surface area contributed by atoms with Crippen LogP contribution in [-0.2, 0) is 4.74 Å². The molecule has 1 unspecified atom stereocenters. The molecule has 0 saturated carbocycles. The summed E-state index contributed by atoms with van der Waals surface area (Å²) in [6.45, 7) is 7.17. The molecule has 2 heteroatoms. The van der Waals surface area contributed by atoms with Crippen molar-refractivity contribution in [3.8, 4) is 0 Å². The second kappa shape index (κ2) is 10.1. The molecule has 0 saturated heterocycles. The van der Waals surface area contributed by atoms with Crippen molar-refractivity contribution in [1.82, 2.24) is 5.32 Å². The van der Waals surface area contributed by atoms with Crippen LogP contribution in [0, 0.1) is 0 Å². The zero-order valence-corrected chi connectivity index (χ0v) is 11.8. The standard InChI is InChI=1S/C16H27NO/c1-3-9-16(15-10-6-5-7-11-15)17-12-8-14-18-13-4-2/h5-7,10-11,16-17H,3-4,8-9,12-14H2,1-2H3. The lowest BCUT2D eigenvalue weighted by Crippen LogP contribution is -2.23. The highest BCUT2D eigenvalue weighted by Crippen LogP contribution is 2.17. The summed E-state index contributed by atoms with van der Waals surface area (Å²) < 4.78 is 5.49. The van der Waals surface area contributed by atoms with Crippen LogP contribution in [0.25, 0.3) is 0 Å². The van der Waals surface area contributed by atoms with Crippen LogP contribution in [0.2, 0.25) is 0 Å². The van der Waals surface area contributed by atoms with Gasteiger partial charge in [-0.2, -0.15) is 0 Å². The van der Waals surface area contributed by atoms with E-state index in [9.17, 15) is 0 Å². The second-order valence-electron chi connectivity index (χ2n) is 4.67. The van der Waals surface area contributed by atoms with Gasteiger partial charge in [0.25, 0.3) is 0 Å². The molecule has 0 heterocycles. The maximum atomic E-state index is 5.49. The lowest BCUT2D eigenvalue weighted by molar-refractivity contribution is 0.131. The molecule has 1 aromatic carbocycles. The van der Waals surface area contributed by atoms with E-state index in [1.807, 2.05) is 0 Å². The molecule has 0 aromatic heterocycles. The summed E-state index contributed by atoms with van der Waals surface area (Å²) in [4.78, 5) is 0. The average Bonchev–Trinajstić information content (AvgIpc) is 2.42. The predicted octanol–water partition coefficient (Wildman–Crippen LogP) is 3.93. The highest BCUT2D eigenvalue weighted by Gasteiger charge is 2.08. The van der Waals surface area contributed by atoms with Gasteiger partial charge in [0.05, 0.1) is 0 Å². The van der Waals surface area contributed by atoms with Crippen LogP contribution in [0.4, 0.5) is 0 Å². The Kier molecular flexibility index (Phi) is 8.53. The smallest absolute Gasteiger partial charge is 0.0478 e. The first-order valence-electron chi connectivity index (χ1n) is 7.24. The van der Waals surface area contributed by atoms with Gasteiger partial charge >= 0.3 is 0 Å². The summed E-state index contributed by atoms with van der Waals surface area (Å²) in [5.74, 6) is 0. The molecule has 0 fully saturated rings. The Balaban J connectivity index is 2.26. The predicted molar refractivity (Wildman–Crippen MR) is 77.8 cm³/mol. The van der Waals surface area contributed by atoms with Crippen molar-refractivity contribution in [2.45, 2.75) is 45.6 Å². The van der Waals surface area contributed by atoms with Crippen LogP contribution < -0.4 is 5.32 Å². The summed E-state index contributed by atoms with van der Waals surface area (Å²) in [6.07, 6.45) is 4.60. The molecule has 18 heavy (non-hydrogen) atoms. The third kappa shape index (κ3) is 6.18. The maximum Gasteiger partial charge on any atom is 0.0478 e. The Labute approximate surface area is 112 Å². The quantitative estimate of drug-likeness (QED) is 0.634. The molecule has 0 aliphatic rings. The van der Waals surface area contributed by atoms with Gasteiger partial charge in [0, 0.05) is 19.3 Å². The third-order valence-corrected chi connectivity index (χ3v) is 2.98. The van der Waals surface area contributed by atoms with Gasteiger partial charge in [-0.3, -0.25) is 0 Å². The van der Waals surface area contributed by atoms with Crippen LogP contribution in [0.1, 0.15) is 51.1 Å². The van der Waals surface area contributed by atoms with E-state index in [1.165, 1.54) is 18.4 Å². The highest BCUT2D eigenvalue weighted by atomic mass is 16.5. The number of benzene rings is 1. The molecule has 1 N–H and O–H groups in total. The van der Waals surface area contributed by atoms with E-state index in [2.05, 4.69) is 49.5 Å². The first-order chi connectivity index (χ1) is 8.88. The minimum atomic E-state index is 0.488. The molecule has 102 valence electrons. The van der Waals surface area contributed by atoms with Gasteiger partial charge in [-0.15, -0.1) is 0 Å². The Hall–Kier alpha value is -0.860. The van der Waals surface area contributed by atoms with Gasteiger partial charge in [0.15, 0.2) is 0 Å². The number of hydrogen-bond donors (Lipinski definition) is 1. The van der Waals surface area contributed by atoms with Crippen molar-refractivity contribution < 1.29 is 4.74 Å². The first-order valence-corrected chi connectivity index (χ1v) is 7.24. The lowest BCUT2D eigenvalue weighted by atomic mass is 10.0. The molecular weight excluding hydrogens is 222 g/mol. The van der Waals surface area contributed by atoms with Crippen molar-refractivity contribution in [3.05, 3.63) is 35.9 Å². The molecular formula is C16H27NO. The van der Waals surface area contributed by atoms with Crippen molar-refractivity contribution in [2.24, 2.45) is 0 Å².